The maximum atomic E-state index is 12.5. The van der Waals surface area contributed by atoms with Crippen molar-refractivity contribution in [3.05, 3.63) is 93.3 Å². The summed E-state index contributed by atoms with van der Waals surface area (Å²) < 4.78 is 28.6. The molecule has 0 saturated carbocycles. The average molecular weight is 593 g/mol. The number of carbonyl (C=O) groups is 1. The number of aliphatic carboxylic acids is 1. The molecule has 3 rings (SSSR count). The largest absolute Gasteiger partial charge is 0.481 e. The van der Waals surface area contributed by atoms with Crippen LogP contribution in [0.4, 0.5) is 0 Å². The summed E-state index contributed by atoms with van der Waals surface area (Å²) in [5.41, 5.74) is 3.01. The first-order valence-corrected chi connectivity index (χ1v) is 13.1. The van der Waals surface area contributed by atoms with Crippen LogP contribution in [-0.2, 0) is 26.1 Å². The number of nitrogens with zero attached hydrogens (tertiary/aromatic N) is 2. The maximum absolute atomic E-state index is 12.5. The lowest BCUT2D eigenvalue weighted by Crippen LogP contribution is -2.26. The van der Waals surface area contributed by atoms with Crippen LogP contribution in [0, 0.1) is 3.57 Å². The average Bonchev–Trinajstić information content (AvgIpc) is 2.82. The molecule has 1 aromatic heterocycles. The van der Waals surface area contributed by atoms with Crippen molar-refractivity contribution in [2.45, 2.75) is 24.2 Å². The van der Waals surface area contributed by atoms with Gasteiger partial charge in [0.05, 0.1) is 4.90 Å². The van der Waals surface area contributed by atoms with Gasteiger partial charge in [-0.25, -0.2) is 13.1 Å². The van der Waals surface area contributed by atoms with Crippen molar-refractivity contribution in [3.8, 4) is 0 Å². The number of hydrogen-bond acceptors (Lipinski definition) is 6. The van der Waals surface area contributed by atoms with Crippen molar-refractivity contribution < 1.29 is 23.2 Å². The number of benzene rings is 2. The molecule has 10 heteroatoms. The van der Waals surface area contributed by atoms with Crippen LogP contribution >= 0.6 is 22.6 Å². The Kier molecular flexibility index (Phi) is 9.54. The van der Waals surface area contributed by atoms with E-state index in [1.807, 2.05) is 30.3 Å². The molecule has 0 fully saturated rings. The van der Waals surface area contributed by atoms with E-state index in [9.17, 15) is 13.2 Å². The second-order valence-corrected chi connectivity index (χ2v) is 10.3. The van der Waals surface area contributed by atoms with Gasteiger partial charge in [0.15, 0.2) is 0 Å². The molecule has 0 aliphatic carbocycles. The van der Waals surface area contributed by atoms with E-state index >= 15 is 0 Å². The van der Waals surface area contributed by atoms with Gasteiger partial charge in [0.1, 0.15) is 12.3 Å². The monoisotopic (exact) mass is 593 g/mol. The molecule has 2 aromatic carbocycles. The SMILES string of the molecule is O=C(O)CCCO/N=C(/c1cccnc1)c1cccc(CCNS(=O)(=O)c2ccc(I)cc2)c1. The van der Waals surface area contributed by atoms with E-state index in [0.29, 0.717) is 18.6 Å². The summed E-state index contributed by atoms with van der Waals surface area (Å²) in [7, 11) is -3.59. The van der Waals surface area contributed by atoms with Crippen LogP contribution in [-0.4, -0.2) is 43.3 Å². The molecule has 0 aliphatic heterocycles. The predicted octanol–water partition coefficient (Wildman–Crippen LogP) is 3.84. The lowest BCUT2D eigenvalue weighted by Gasteiger charge is -2.10. The first-order chi connectivity index (χ1) is 16.3. The number of rotatable bonds is 12. The van der Waals surface area contributed by atoms with Gasteiger partial charge >= 0.3 is 5.97 Å². The molecule has 0 bridgehead atoms. The van der Waals surface area contributed by atoms with Gasteiger partial charge in [-0.1, -0.05) is 23.4 Å². The highest BCUT2D eigenvalue weighted by Gasteiger charge is 2.14. The molecular formula is C24H24IN3O5S. The van der Waals surface area contributed by atoms with E-state index in [4.69, 9.17) is 9.94 Å². The molecule has 3 aromatic rings. The molecule has 0 saturated heterocycles. The predicted molar refractivity (Wildman–Crippen MR) is 137 cm³/mol. The summed E-state index contributed by atoms with van der Waals surface area (Å²) in [6.45, 7) is 0.416. The van der Waals surface area contributed by atoms with Crippen molar-refractivity contribution in [1.82, 2.24) is 9.71 Å². The van der Waals surface area contributed by atoms with E-state index < -0.39 is 16.0 Å². The van der Waals surface area contributed by atoms with Crippen LogP contribution in [0.1, 0.15) is 29.5 Å². The van der Waals surface area contributed by atoms with Crippen LogP contribution < -0.4 is 4.72 Å². The lowest BCUT2D eigenvalue weighted by atomic mass is 10.0. The number of pyridine rings is 1. The van der Waals surface area contributed by atoms with Gasteiger partial charge in [-0.2, -0.15) is 0 Å². The molecule has 178 valence electrons. The smallest absolute Gasteiger partial charge is 0.303 e. The van der Waals surface area contributed by atoms with Crippen molar-refractivity contribution >= 4 is 44.3 Å². The summed E-state index contributed by atoms with van der Waals surface area (Å²) in [5.74, 6) is -0.884. The third-order valence-electron chi connectivity index (χ3n) is 4.75. The van der Waals surface area contributed by atoms with Crippen molar-refractivity contribution in [2.75, 3.05) is 13.2 Å². The molecular weight excluding hydrogens is 569 g/mol. The summed E-state index contributed by atoms with van der Waals surface area (Å²) in [4.78, 5) is 20.4. The van der Waals surface area contributed by atoms with Gasteiger partial charge < -0.3 is 9.94 Å². The zero-order chi connectivity index (χ0) is 24.4. The second-order valence-electron chi connectivity index (χ2n) is 7.31. The van der Waals surface area contributed by atoms with Gasteiger partial charge in [-0.15, -0.1) is 0 Å². The molecule has 0 amide bonds. The molecule has 2 N–H and O–H groups in total. The second kappa shape index (κ2) is 12.6. The zero-order valence-corrected chi connectivity index (χ0v) is 21.2. The Labute approximate surface area is 212 Å². The number of hydrogen-bond donors (Lipinski definition) is 2. The Morgan fingerprint density at radius 3 is 2.56 bits per heavy atom. The number of carboxylic acids is 1. The first kappa shape index (κ1) is 25.8. The van der Waals surface area contributed by atoms with Crippen LogP contribution in [0.15, 0.2) is 83.1 Å². The maximum Gasteiger partial charge on any atom is 0.303 e. The Morgan fingerprint density at radius 1 is 1.09 bits per heavy atom. The Balaban J connectivity index is 1.70. The number of carboxylic acid groups (broad SMARTS) is 1. The van der Waals surface area contributed by atoms with Gasteiger partial charge in [-0.3, -0.25) is 9.78 Å². The van der Waals surface area contributed by atoms with Crippen molar-refractivity contribution in [2.24, 2.45) is 5.16 Å². The highest BCUT2D eigenvalue weighted by Crippen LogP contribution is 2.15. The third-order valence-corrected chi connectivity index (χ3v) is 6.94. The molecule has 1 heterocycles. The zero-order valence-electron chi connectivity index (χ0n) is 18.2. The molecule has 0 radical (unpaired) electrons. The fourth-order valence-electron chi connectivity index (χ4n) is 3.07. The standard InChI is InChI=1S/C24H24IN3O5S/c25-21-8-10-22(11-9-21)34(31,32)27-14-12-18-4-1-5-19(16-18)24(20-6-2-13-26-17-20)28-33-15-3-7-23(29)30/h1-2,4-6,8-11,13,16-17,27H,3,7,12,14-15H2,(H,29,30)/b28-24+. The number of aromatic nitrogens is 1. The molecule has 0 atom stereocenters. The fraction of sp³-hybridized carbons (Fsp3) is 0.208. The minimum atomic E-state index is -3.59. The van der Waals surface area contributed by atoms with E-state index in [1.54, 1.807) is 42.7 Å². The van der Waals surface area contributed by atoms with Gasteiger partial charge in [0.25, 0.3) is 0 Å². The normalized spacial score (nSPS) is 11.9. The molecule has 34 heavy (non-hydrogen) atoms. The molecule has 0 aliphatic rings. The minimum absolute atomic E-state index is 0.00531. The van der Waals surface area contributed by atoms with Crippen molar-refractivity contribution in [1.29, 1.82) is 0 Å². The van der Waals surface area contributed by atoms with Gasteiger partial charge in [0, 0.05) is 40.1 Å². The number of halogens is 1. The third kappa shape index (κ3) is 7.89. The summed E-state index contributed by atoms with van der Waals surface area (Å²) >= 11 is 2.13. The minimum Gasteiger partial charge on any atom is -0.481 e. The topological polar surface area (TPSA) is 118 Å². The summed E-state index contributed by atoms with van der Waals surface area (Å²) in [6.07, 6.45) is 4.16. The number of sulfonamides is 1. The van der Waals surface area contributed by atoms with Crippen LogP contribution in [0.3, 0.4) is 0 Å². The first-order valence-electron chi connectivity index (χ1n) is 10.5. The summed E-state index contributed by atoms with van der Waals surface area (Å²) in [6, 6.07) is 17.9. The summed E-state index contributed by atoms with van der Waals surface area (Å²) in [5, 5.41) is 13.0. The Hall–Kier alpha value is -2.83. The molecule has 0 spiro atoms. The Morgan fingerprint density at radius 2 is 1.85 bits per heavy atom. The number of oxime groups is 1. The van der Waals surface area contributed by atoms with E-state index in [0.717, 1.165) is 20.3 Å². The highest BCUT2D eigenvalue weighted by molar-refractivity contribution is 14.1. The van der Waals surface area contributed by atoms with Crippen LogP contribution in [0.25, 0.3) is 0 Å². The number of nitrogens with one attached hydrogen (secondary N) is 1. The van der Waals surface area contributed by atoms with Crippen LogP contribution in [0.2, 0.25) is 0 Å². The molecule has 8 nitrogen and oxygen atoms in total. The van der Waals surface area contributed by atoms with E-state index in [1.165, 1.54) is 0 Å². The van der Waals surface area contributed by atoms with Crippen LogP contribution in [0.5, 0.6) is 0 Å². The van der Waals surface area contributed by atoms with Crippen molar-refractivity contribution in [3.63, 3.8) is 0 Å². The highest BCUT2D eigenvalue weighted by atomic mass is 127. The molecule has 0 unspecified atom stereocenters. The van der Waals surface area contributed by atoms with E-state index in [-0.39, 0.29) is 24.5 Å². The van der Waals surface area contributed by atoms with Gasteiger partial charge in [-0.05, 0) is 83.5 Å². The van der Waals surface area contributed by atoms with Gasteiger partial charge in [0.2, 0.25) is 10.0 Å². The van der Waals surface area contributed by atoms with E-state index in [2.05, 4.69) is 37.5 Å². The quantitative estimate of drug-likeness (QED) is 0.143. The fourth-order valence-corrected chi connectivity index (χ4v) is 4.47. The lowest BCUT2D eigenvalue weighted by molar-refractivity contribution is -0.137. The Bertz CT molecular complexity index is 1230.